The molecule has 1 amide bonds. The van der Waals surface area contributed by atoms with Crippen LogP contribution < -0.4 is 14.4 Å². The maximum Gasteiger partial charge on any atom is 0.350 e. The van der Waals surface area contributed by atoms with Crippen molar-refractivity contribution in [1.29, 1.82) is 0 Å². The van der Waals surface area contributed by atoms with Crippen molar-refractivity contribution in [3.63, 3.8) is 0 Å². The van der Waals surface area contributed by atoms with Gasteiger partial charge in [0.2, 0.25) is 0 Å². The molecule has 0 saturated carbocycles. The summed E-state index contributed by atoms with van der Waals surface area (Å²) in [6, 6.07) is 10.1. The standard InChI is InChI=1S/C28H25ClN2O7S/c1-5-13-38-19-12-9-17(14-20(19)37-6-2)22-21(23(32)16-7-10-18(29)11-8-16)24(33)26(34)31(22)28-30-15(3)25(39-28)27(35)36-4/h5,7-12,14,22,32H,1,6,13H2,2-4H3/b23-21+. The zero-order valence-electron chi connectivity index (χ0n) is 21.4. The molecule has 9 nitrogen and oxygen atoms in total. The number of halogens is 1. The third-order valence-electron chi connectivity index (χ3n) is 5.86. The van der Waals surface area contributed by atoms with E-state index in [1.165, 1.54) is 12.0 Å². The number of hydrogen-bond donors (Lipinski definition) is 1. The first-order valence-corrected chi connectivity index (χ1v) is 13.0. The summed E-state index contributed by atoms with van der Waals surface area (Å²) >= 11 is 6.92. The van der Waals surface area contributed by atoms with Crippen molar-refractivity contribution >= 4 is 51.5 Å². The summed E-state index contributed by atoms with van der Waals surface area (Å²) in [6.07, 6.45) is 1.59. The summed E-state index contributed by atoms with van der Waals surface area (Å²) in [5.41, 5.74) is 0.927. The number of ether oxygens (including phenoxy) is 3. The maximum atomic E-state index is 13.5. The molecule has 4 rings (SSSR count). The zero-order chi connectivity index (χ0) is 28.3. The first-order chi connectivity index (χ1) is 18.7. The second-order valence-corrected chi connectivity index (χ2v) is 9.73. The lowest BCUT2D eigenvalue weighted by molar-refractivity contribution is -0.132. The molecule has 1 unspecified atom stereocenters. The Morgan fingerprint density at radius 3 is 2.54 bits per heavy atom. The Kier molecular flexibility index (Phi) is 8.37. The zero-order valence-corrected chi connectivity index (χ0v) is 23.0. The molecule has 0 spiro atoms. The SMILES string of the molecule is C=CCOc1ccc(C2/C(=C(\O)c3ccc(Cl)cc3)C(=O)C(=O)N2c2nc(C)c(C(=O)OC)s2)cc1OCC. The van der Waals surface area contributed by atoms with Crippen molar-refractivity contribution in [3.8, 4) is 11.5 Å². The number of aliphatic hydroxyl groups is 1. The molecule has 1 aromatic heterocycles. The first-order valence-electron chi connectivity index (χ1n) is 11.8. The van der Waals surface area contributed by atoms with Gasteiger partial charge in [-0.3, -0.25) is 14.5 Å². The number of Topliss-reactive ketones (excluding diaryl/α,β-unsaturated/α-hetero) is 1. The van der Waals surface area contributed by atoms with Crippen LogP contribution in [0.1, 0.15) is 39.5 Å². The summed E-state index contributed by atoms with van der Waals surface area (Å²) in [4.78, 5) is 44.9. The number of aromatic nitrogens is 1. The van der Waals surface area contributed by atoms with Gasteiger partial charge in [-0.05, 0) is 55.8 Å². The van der Waals surface area contributed by atoms with E-state index < -0.39 is 23.7 Å². The van der Waals surface area contributed by atoms with Crippen LogP contribution in [0.5, 0.6) is 11.5 Å². The minimum Gasteiger partial charge on any atom is -0.507 e. The Morgan fingerprint density at radius 2 is 1.90 bits per heavy atom. The molecular formula is C28H25ClN2O7S. The lowest BCUT2D eigenvalue weighted by atomic mass is 9.95. The van der Waals surface area contributed by atoms with E-state index in [1.54, 1.807) is 55.5 Å². The van der Waals surface area contributed by atoms with Gasteiger partial charge in [0.15, 0.2) is 16.6 Å². The summed E-state index contributed by atoms with van der Waals surface area (Å²) in [5.74, 6) is -2.01. The van der Waals surface area contributed by atoms with Gasteiger partial charge in [-0.15, -0.1) is 0 Å². The molecule has 1 atom stereocenters. The van der Waals surface area contributed by atoms with Crippen LogP contribution in [0.25, 0.3) is 5.76 Å². The molecule has 2 heterocycles. The highest BCUT2D eigenvalue weighted by atomic mass is 35.5. The number of anilines is 1. The van der Waals surface area contributed by atoms with Crippen LogP contribution in [0.3, 0.4) is 0 Å². The smallest absolute Gasteiger partial charge is 0.350 e. The molecule has 202 valence electrons. The maximum absolute atomic E-state index is 13.5. The van der Waals surface area contributed by atoms with Crippen LogP contribution in [-0.4, -0.2) is 48.1 Å². The van der Waals surface area contributed by atoms with Gasteiger partial charge >= 0.3 is 11.9 Å². The van der Waals surface area contributed by atoms with E-state index in [4.69, 9.17) is 25.8 Å². The van der Waals surface area contributed by atoms with Crippen LogP contribution in [0.15, 0.2) is 60.7 Å². The summed E-state index contributed by atoms with van der Waals surface area (Å²) < 4.78 is 16.3. The molecule has 2 aromatic carbocycles. The lowest BCUT2D eigenvalue weighted by Crippen LogP contribution is -2.29. The van der Waals surface area contributed by atoms with E-state index in [0.29, 0.717) is 39.9 Å². The number of rotatable bonds is 9. The molecule has 0 bridgehead atoms. The molecule has 1 saturated heterocycles. The topological polar surface area (TPSA) is 115 Å². The Morgan fingerprint density at radius 1 is 1.18 bits per heavy atom. The third-order valence-corrected chi connectivity index (χ3v) is 7.25. The van der Waals surface area contributed by atoms with Crippen molar-refractivity contribution in [2.75, 3.05) is 25.2 Å². The van der Waals surface area contributed by atoms with Crippen LogP contribution in [0.2, 0.25) is 5.02 Å². The van der Waals surface area contributed by atoms with Crippen LogP contribution >= 0.6 is 22.9 Å². The number of benzene rings is 2. The van der Waals surface area contributed by atoms with Crippen molar-refractivity contribution in [2.24, 2.45) is 0 Å². The van der Waals surface area contributed by atoms with Gasteiger partial charge in [-0.25, -0.2) is 9.78 Å². The van der Waals surface area contributed by atoms with E-state index in [2.05, 4.69) is 11.6 Å². The predicted molar refractivity (Wildman–Crippen MR) is 148 cm³/mol. The number of amides is 1. The Labute approximate surface area is 233 Å². The number of hydrogen-bond acceptors (Lipinski definition) is 9. The van der Waals surface area contributed by atoms with E-state index in [1.807, 2.05) is 6.92 Å². The highest BCUT2D eigenvalue weighted by Gasteiger charge is 2.48. The fourth-order valence-corrected chi connectivity index (χ4v) is 5.24. The van der Waals surface area contributed by atoms with Crippen LogP contribution in [0.4, 0.5) is 5.13 Å². The summed E-state index contributed by atoms with van der Waals surface area (Å²) in [7, 11) is 1.24. The molecule has 39 heavy (non-hydrogen) atoms. The molecule has 3 aromatic rings. The number of carbonyl (C=O) groups is 3. The minimum atomic E-state index is -1.09. The summed E-state index contributed by atoms with van der Waals surface area (Å²) in [5, 5.41) is 11.8. The van der Waals surface area contributed by atoms with E-state index in [9.17, 15) is 19.5 Å². The summed E-state index contributed by atoms with van der Waals surface area (Å²) in [6.45, 7) is 7.63. The molecule has 1 aliphatic heterocycles. The van der Waals surface area contributed by atoms with Crippen molar-refractivity contribution in [1.82, 2.24) is 4.98 Å². The predicted octanol–water partition coefficient (Wildman–Crippen LogP) is 5.48. The molecule has 1 fully saturated rings. The number of aliphatic hydroxyl groups excluding tert-OH is 1. The van der Waals surface area contributed by atoms with Gasteiger partial charge in [0, 0.05) is 10.6 Å². The number of nitrogens with zero attached hydrogens (tertiary/aromatic N) is 2. The van der Waals surface area contributed by atoms with Gasteiger partial charge < -0.3 is 19.3 Å². The minimum absolute atomic E-state index is 0.0973. The van der Waals surface area contributed by atoms with E-state index in [0.717, 1.165) is 11.3 Å². The number of methoxy groups -OCH3 is 1. The van der Waals surface area contributed by atoms with Gasteiger partial charge in [-0.1, -0.05) is 41.7 Å². The Hall–Kier alpha value is -4.15. The second-order valence-electron chi connectivity index (χ2n) is 8.32. The van der Waals surface area contributed by atoms with Crippen LogP contribution in [-0.2, 0) is 14.3 Å². The van der Waals surface area contributed by atoms with Gasteiger partial charge in [0.1, 0.15) is 17.2 Å². The molecule has 1 aliphatic rings. The fraction of sp³-hybridized carbons (Fsp3) is 0.214. The largest absolute Gasteiger partial charge is 0.507 e. The first kappa shape index (κ1) is 27.9. The van der Waals surface area contributed by atoms with Crippen LogP contribution in [0, 0.1) is 6.92 Å². The van der Waals surface area contributed by atoms with Gasteiger partial charge in [0.05, 0.1) is 31.0 Å². The molecule has 0 aliphatic carbocycles. The average molecular weight is 569 g/mol. The quantitative estimate of drug-likeness (QED) is 0.119. The molecular weight excluding hydrogens is 544 g/mol. The average Bonchev–Trinajstić information content (AvgIpc) is 3.44. The van der Waals surface area contributed by atoms with E-state index >= 15 is 0 Å². The lowest BCUT2D eigenvalue weighted by Gasteiger charge is -2.24. The molecule has 1 N–H and O–H groups in total. The highest BCUT2D eigenvalue weighted by Crippen LogP contribution is 2.45. The number of carbonyl (C=O) groups excluding carboxylic acids is 3. The monoisotopic (exact) mass is 568 g/mol. The number of ketones is 1. The van der Waals surface area contributed by atoms with Crippen molar-refractivity contribution in [3.05, 3.63) is 87.4 Å². The normalized spacial score (nSPS) is 16.3. The number of esters is 1. The van der Waals surface area contributed by atoms with E-state index in [-0.39, 0.29) is 27.9 Å². The van der Waals surface area contributed by atoms with Crippen molar-refractivity contribution in [2.45, 2.75) is 19.9 Å². The van der Waals surface area contributed by atoms with Gasteiger partial charge in [0.25, 0.3) is 5.78 Å². The Bertz CT molecular complexity index is 1480. The third kappa shape index (κ3) is 5.39. The second kappa shape index (κ2) is 11.7. The fourth-order valence-electron chi connectivity index (χ4n) is 4.11. The van der Waals surface area contributed by atoms with Gasteiger partial charge in [-0.2, -0.15) is 0 Å². The molecule has 0 radical (unpaired) electrons. The highest BCUT2D eigenvalue weighted by molar-refractivity contribution is 7.17. The molecule has 11 heteroatoms. The Balaban J connectivity index is 1.94. The van der Waals surface area contributed by atoms with Crippen molar-refractivity contribution < 1.29 is 33.7 Å². The number of aryl methyl sites for hydroxylation is 1. The number of thiazole rings is 1.